The van der Waals surface area contributed by atoms with E-state index in [-0.39, 0.29) is 11.6 Å². The summed E-state index contributed by atoms with van der Waals surface area (Å²) in [7, 11) is 3.11. The molecule has 5 rings (SSSR count). The van der Waals surface area contributed by atoms with Crippen LogP contribution in [0.1, 0.15) is 38.5 Å². The van der Waals surface area contributed by atoms with E-state index in [0.717, 1.165) is 37.0 Å². The van der Waals surface area contributed by atoms with Gasteiger partial charge in [-0.2, -0.15) is 0 Å². The number of methoxy groups -OCH3 is 2. The lowest BCUT2D eigenvalue weighted by atomic mass is 9.53. The van der Waals surface area contributed by atoms with Gasteiger partial charge in [0.2, 0.25) is 0 Å². The molecule has 2 N–H and O–H groups in total. The van der Waals surface area contributed by atoms with Crippen LogP contribution in [0.15, 0.2) is 12.1 Å². The average Bonchev–Trinajstić information content (AvgIpc) is 2.53. The van der Waals surface area contributed by atoms with E-state index in [1.165, 1.54) is 19.3 Å². The molecule has 0 aromatic heterocycles. The third-order valence-electron chi connectivity index (χ3n) is 6.14. The number of halogens is 1. The number of ether oxygens (including phenoxy) is 2. The molecule has 2 amide bonds. The zero-order valence-electron chi connectivity index (χ0n) is 14.7. The second kappa shape index (κ2) is 6.27. The van der Waals surface area contributed by atoms with Crippen LogP contribution in [-0.2, 0) is 0 Å². The summed E-state index contributed by atoms with van der Waals surface area (Å²) in [6.45, 7) is 0. The zero-order chi connectivity index (χ0) is 17.6. The highest BCUT2D eigenvalue weighted by molar-refractivity contribution is 6.32. The van der Waals surface area contributed by atoms with E-state index in [2.05, 4.69) is 10.6 Å². The Morgan fingerprint density at radius 2 is 1.60 bits per heavy atom. The molecule has 1 aromatic rings. The van der Waals surface area contributed by atoms with Crippen LogP contribution in [0.5, 0.6) is 11.5 Å². The van der Waals surface area contributed by atoms with Gasteiger partial charge in [0.15, 0.2) is 0 Å². The number of amides is 2. The second-order valence-corrected chi connectivity index (χ2v) is 8.37. The molecule has 0 unspecified atom stereocenters. The lowest BCUT2D eigenvalue weighted by Crippen LogP contribution is -2.60. The maximum Gasteiger partial charge on any atom is 0.319 e. The lowest BCUT2D eigenvalue weighted by molar-refractivity contribution is -0.0127. The minimum absolute atomic E-state index is 0.0255. The molecule has 1 aromatic carbocycles. The fraction of sp³-hybridized carbons (Fsp3) is 0.632. The Labute approximate surface area is 153 Å². The molecule has 5 nitrogen and oxygen atoms in total. The topological polar surface area (TPSA) is 59.6 Å². The van der Waals surface area contributed by atoms with Gasteiger partial charge in [-0.25, -0.2) is 4.79 Å². The summed E-state index contributed by atoms with van der Waals surface area (Å²) in [6.07, 6.45) is 7.41. The molecule has 0 heterocycles. The summed E-state index contributed by atoms with van der Waals surface area (Å²) < 4.78 is 10.6. The van der Waals surface area contributed by atoms with Crippen molar-refractivity contribution in [3.05, 3.63) is 17.2 Å². The van der Waals surface area contributed by atoms with E-state index in [1.54, 1.807) is 26.4 Å². The van der Waals surface area contributed by atoms with Crippen LogP contribution in [-0.4, -0.2) is 25.8 Å². The number of anilines is 1. The van der Waals surface area contributed by atoms with E-state index >= 15 is 0 Å². The summed E-state index contributed by atoms with van der Waals surface area (Å²) in [5.74, 6) is 3.41. The van der Waals surface area contributed by atoms with Crippen LogP contribution in [0.3, 0.4) is 0 Å². The van der Waals surface area contributed by atoms with Gasteiger partial charge in [0.1, 0.15) is 11.5 Å². The molecule has 0 spiro atoms. The maximum absolute atomic E-state index is 12.7. The van der Waals surface area contributed by atoms with E-state index in [0.29, 0.717) is 22.2 Å². The molecule has 0 aliphatic heterocycles. The fourth-order valence-electron chi connectivity index (χ4n) is 5.62. The van der Waals surface area contributed by atoms with Crippen LogP contribution in [0.2, 0.25) is 5.02 Å². The molecule has 0 atom stereocenters. The van der Waals surface area contributed by atoms with Crippen LogP contribution < -0.4 is 20.1 Å². The molecule has 4 bridgehead atoms. The number of carbonyl (C=O) groups excluding carboxylic acids is 1. The largest absolute Gasteiger partial charge is 0.495 e. The van der Waals surface area contributed by atoms with Crippen LogP contribution >= 0.6 is 11.6 Å². The van der Waals surface area contributed by atoms with Crippen molar-refractivity contribution < 1.29 is 14.3 Å². The predicted molar refractivity (Wildman–Crippen MR) is 97.6 cm³/mol. The monoisotopic (exact) mass is 364 g/mol. The van der Waals surface area contributed by atoms with Gasteiger partial charge in [-0.1, -0.05) is 11.6 Å². The minimum atomic E-state index is -0.179. The van der Waals surface area contributed by atoms with Crippen molar-refractivity contribution in [3.63, 3.8) is 0 Å². The summed E-state index contributed by atoms with van der Waals surface area (Å²) >= 11 is 6.19. The highest BCUT2D eigenvalue weighted by Crippen LogP contribution is 2.55. The molecule has 4 aliphatic carbocycles. The normalized spacial score (nSPS) is 32.4. The summed E-state index contributed by atoms with van der Waals surface area (Å²) in [6, 6.07) is 3.17. The van der Waals surface area contributed by atoms with E-state index in [1.807, 2.05) is 0 Å². The number of rotatable bonds is 4. The summed E-state index contributed by atoms with van der Waals surface area (Å²) in [5, 5.41) is 6.64. The Bertz CT molecular complexity index is 656. The average molecular weight is 365 g/mol. The summed E-state index contributed by atoms with van der Waals surface area (Å²) in [4.78, 5) is 12.7. The Hall–Kier alpha value is -1.62. The van der Waals surface area contributed by atoms with Gasteiger partial charge >= 0.3 is 6.03 Å². The van der Waals surface area contributed by atoms with E-state index < -0.39 is 0 Å². The van der Waals surface area contributed by atoms with Crippen LogP contribution in [0, 0.1) is 17.8 Å². The van der Waals surface area contributed by atoms with Crippen molar-refractivity contribution in [2.24, 2.45) is 17.8 Å². The SMILES string of the molecule is COc1cc(OC)c(NC(=O)NC23CC4CC(CC(C4)C2)C3)cc1Cl. The third kappa shape index (κ3) is 3.14. The number of hydrogen-bond donors (Lipinski definition) is 2. The molecule has 25 heavy (non-hydrogen) atoms. The smallest absolute Gasteiger partial charge is 0.319 e. The number of nitrogens with one attached hydrogen (secondary N) is 2. The number of carbonyl (C=O) groups is 1. The molecule has 6 heteroatoms. The Kier molecular flexibility index (Phi) is 4.22. The van der Waals surface area contributed by atoms with Crippen molar-refractivity contribution in [3.8, 4) is 11.5 Å². The van der Waals surface area contributed by atoms with E-state index in [9.17, 15) is 4.79 Å². The van der Waals surface area contributed by atoms with Crippen molar-refractivity contribution in [1.29, 1.82) is 0 Å². The Balaban J connectivity index is 1.49. The molecular weight excluding hydrogens is 340 g/mol. The lowest BCUT2D eigenvalue weighted by Gasteiger charge is -2.56. The third-order valence-corrected chi connectivity index (χ3v) is 6.43. The van der Waals surface area contributed by atoms with Gasteiger partial charge in [-0.3, -0.25) is 0 Å². The van der Waals surface area contributed by atoms with Gasteiger partial charge < -0.3 is 20.1 Å². The molecule has 4 aliphatic rings. The van der Waals surface area contributed by atoms with E-state index in [4.69, 9.17) is 21.1 Å². The van der Waals surface area contributed by atoms with Gasteiger partial charge in [0, 0.05) is 11.6 Å². The molecule has 136 valence electrons. The van der Waals surface area contributed by atoms with Crippen molar-refractivity contribution in [1.82, 2.24) is 5.32 Å². The van der Waals surface area contributed by atoms with Gasteiger partial charge in [-0.05, 0) is 62.3 Å². The first-order valence-corrected chi connectivity index (χ1v) is 9.39. The van der Waals surface area contributed by atoms with Crippen LogP contribution in [0.4, 0.5) is 10.5 Å². The van der Waals surface area contributed by atoms with Crippen molar-refractivity contribution in [2.75, 3.05) is 19.5 Å². The first-order valence-electron chi connectivity index (χ1n) is 9.01. The zero-order valence-corrected chi connectivity index (χ0v) is 15.5. The highest BCUT2D eigenvalue weighted by atomic mass is 35.5. The Morgan fingerprint density at radius 1 is 1.04 bits per heavy atom. The van der Waals surface area contributed by atoms with Crippen molar-refractivity contribution in [2.45, 2.75) is 44.1 Å². The highest BCUT2D eigenvalue weighted by Gasteiger charge is 2.51. The first kappa shape index (κ1) is 16.8. The minimum Gasteiger partial charge on any atom is -0.495 e. The molecule has 4 saturated carbocycles. The number of urea groups is 1. The molecule has 0 radical (unpaired) electrons. The standard InChI is InChI=1S/C19H25ClN2O3/c1-24-16-7-17(25-2)15(6-14(16)20)21-18(23)22-19-8-11-3-12(9-19)5-13(4-11)10-19/h6-7,11-13H,3-5,8-10H2,1-2H3,(H2,21,22,23). The molecular formula is C19H25ClN2O3. The Morgan fingerprint density at radius 3 is 2.12 bits per heavy atom. The maximum atomic E-state index is 12.7. The van der Waals surface area contributed by atoms with Gasteiger partial charge in [-0.15, -0.1) is 0 Å². The quantitative estimate of drug-likeness (QED) is 0.829. The van der Waals surface area contributed by atoms with Gasteiger partial charge in [0.05, 0.1) is 24.9 Å². The molecule has 0 saturated heterocycles. The first-order chi connectivity index (χ1) is 12.0. The van der Waals surface area contributed by atoms with Crippen molar-refractivity contribution >= 4 is 23.3 Å². The fourth-order valence-corrected chi connectivity index (χ4v) is 5.86. The van der Waals surface area contributed by atoms with Crippen LogP contribution in [0.25, 0.3) is 0 Å². The number of hydrogen-bond acceptors (Lipinski definition) is 3. The second-order valence-electron chi connectivity index (χ2n) is 7.96. The molecule has 4 fully saturated rings. The predicted octanol–water partition coefficient (Wildman–Crippen LogP) is 4.45. The van der Waals surface area contributed by atoms with Gasteiger partial charge in [0.25, 0.3) is 0 Å². The number of benzene rings is 1. The summed E-state index contributed by atoms with van der Waals surface area (Å²) in [5.41, 5.74) is 0.526.